The summed E-state index contributed by atoms with van der Waals surface area (Å²) >= 11 is 0. The van der Waals surface area contributed by atoms with E-state index in [2.05, 4.69) is 34.1 Å². The van der Waals surface area contributed by atoms with Crippen molar-refractivity contribution in [2.24, 2.45) is 0 Å². The summed E-state index contributed by atoms with van der Waals surface area (Å²) in [6.45, 7) is 8.00. The summed E-state index contributed by atoms with van der Waals surface area (Å²) in [5, 5.41) is 0.779. The molecular weight excluding hydrogens is 489 g/mol. The van der Waals surface area contributed by atoms with Gasteiger partial charge in [0.05, 0.1) is 11.2 Å². The van der Waals surface area contributed by atoms with Gasteiger partial charge in [-0.1, -0.05) is 12.1 Å². The lowest BCUT2D eigenvalue weighted by Gasteiger charge is -2.16. The maximum atomic E-state index is 14.1. The fourth-order valence-corrected chi connectivity index (χ4v) is 5.62. The first-order valence-corrected chi connectivity index (χ1v) is 14.2. The van der Waals surface area contributed by atoms with Crippen LogP contribution in [0.25, 0.3) is 33.3 Å². The Morgan fingerprint density at radius 3 is 1.74 bits per heavy atom. The van der Waals surface area contributed by atoms with Gasteiger partial charge in [0, 0.05) is 29.6 Å². The first-order valence-electron chi connectivity index (χ1n) is 14.2. The standard InChI is InChI=1S/C33H36FN3O2/c34-28-9-14-32-27(23-28)24-31(25-5-10-29(11-6-25)38-21-19-36-15-1-2-16-36)33(35-32)26-7-12-30(13-8-26)39-22-20-37-17-3-4-18-37/h5-14,23-24H,1-4,15-22H2. The molecule has 1 aromatic heterocycles. The fourth-order valence-electron chi connectivity index (χ4n) is 5.62. The molecule has 5 nitrogen and oxygen atoms in total. The summed E-state index contributed by atoms with van der Waals surface area (Å²) in [7, 11) is 0. The van der Waals surface area contributed by atoms with Crippen molar-refractivity contribution in [3.63, 3.8) is 0 Å². The average molecular weight is 526 g/mol. The van der Waals surface area contributed by atoms with Crippen LogP contribution in [0, 0.1) is 5.82 Å². The molecule has 202 valence electrons. The molecule has 0 spiro atoms. The van der Waals surface area contributed by atoms with Crippen LogP contribution >= 0.6 is 0 Å². The Kier molecular flexibility index (Phi) is 8.03. The quantitative estimate of drug-likeness (QED) is 0.232. The first-order chi connectivity index (χ1) is 19.2. The largest absolute Gasteiger partial charge is 0.492 e. The monoisotopic (exact) mass is 525 g/mol. The fraction of sp³-hybridized carbons (Fsp3) is 0.364. The number of fused-ring (bicyclic) bond motifs is 1. The maximum absolute atomic E-state index is 14.1. The second kappa shape index (κ2) is 12.1. The van der Waals surface area contributed by atoms with Gasteiger partial charge in [-0.05, 0) is 118 Å². The minimum absolute atomic E-state index is 0.264. The number of likely N-dealkylation sites (tertiary alicyclic amines) is 2. The third-order valence-corrected chi connectivity index (χ3v) is 7.82. The van der Waals surface area contributed by atoms with Crippen LogP contribution in [-0.2, 0) is 0 Å². The molecule has 2 saturated heterocycles. The van der Waals surface area contributed by atoms with E-state index in [9.17, 15) is 4.39 Å². The molecule has 0 unspecified atom stereocenters. The van der Waals surface area contributed by atoms with Gasteiger partial charge in [0.2, 0.25) is 0 Å². The third kappa shape index (κ3) is 6.40. The van der Waals surface area contributed by atoms with E-state index in [-0.39, 0.29) is 5.82 Å². The van der Waals surface area contributed by atoms with Crippen molar-refractivity contribution in [1.82, 2.24) is 14.8 Å². The van der Waals surface area contributed by atoms with E-state index in [1.54, 1.807) is 12.1 Å². The summed E-state index contributed by atoms with van der Waals surface area (Å²) in [4.78, 5) is 9.87. The lowest BCUT2D eigenvalue weighted by molar-refractivity contribution is 0.237. The van der Waals surface area contributed by atoms with Crippen molar-refractivity contribution in [2.75, 3.05) is 52.5 Å². The van der Waals surface area contributed by atoms with Crippen LogP contribution in [0.3, 0.4) is 0 Å². The summed E-state index contributed by atoms with van der Waals surface area (Å²) in [6.07, 6.45) is 5.15. The third-order valence-electron chi connectivity index (χ3n) is 7.82. The molecule has 0 bridgehead atoms. The highest BCUT2D eigenvalue weighted by Crippen LogP contribution is 2.35. The van der Waals surface area contributed by atoms with E-state index < -0.39 is 0 Å². The van der Waals surface area contributed by atoms with Crippen LogP contribution in [0.2, 0.25) is 0 Å². The zero-order chi connectivity index (χ0) is 26.4. The molecule has 0 N–H and O–H groups in total. The summed E-state index contributed by atoms with van der Waals surface area (Å²) in [5.74, 6) is 1.45. The Hall–Kier alpha value is -3.48. The van der Waals surface area contributed by atoms with Crippen LogP contribution < -0.4 is 9.47 Å². The second-order valence-corrected chi connectivity index (χ2v) is 10.6. The molecule has 3 heterocycles. The van der Waals surface area contributed by atoms with Gasteiger partial charge >= 0.3 is 0 Å². The summed E-state index contributed by atoms with van der Waals surface area (Å²) < 4.78 is 26.1. The molecule has 0 aliphatic carbocycles. The number of ether oxygens (including phenoxy) is 2. The molecule has 0 amide bonds. The van der Waals surface area contributed by atoms with Crippen LogP contribution in [0.15, 0.2) is 72.8 Å². The summed E-state index contributed by atoms with van der Waals surface area (Å²) in [6, 6.07) is 23.1. The molecule has 2 fully saturated rings. The molecule has 0 radical (unpaired) electrons. The molecular formula is C33H36FN3O2. The highest BCUT2D eigenvalue weighted by Gasteiger charge is 2.15. The first kappa shape index (κ1) is 25.8. The van der Waals surface area contributed by atoms with E-state index in [0.717, 1.165) is 57.9 Å². The Bertz CT molecular complexity index is 1380. The molecule has 6 heteroatoms. The normalized spacial score (nSPS) is 16.2. The average Bonchev–Trinajstić information content (AvgIpc) is 3.68. The summed E-state index contributed by atoms with van der Waals surface area (Å²) in [5.41, 5.74) is 4.60. The molecule has 0 atom stereocenters. The van der Waals surface area contributed by atoms with Crippen molar-refractivity contribution in [3.05, 3.63) is 78.6 Å². The SMILES string of the molecule is Fc1ccc2nc(-c3ccc(OCCN4CCCC4)cc3)c(-c3ccc(OCCN4CCCC4)cc3)cc2c1. The number of hydrogen-bond donors (Lipinski definition) is 0. The van der Waals surface area contributed by atoms with Gasteiger partial charge in [-0.3, -0.25) is 9.80 Å². The Labute approximate surface area is 230 Å². The smallest absolute Gasteiger partial charge is 0.123 e. The van der Waals surface area contributed by atoms with Gasteiger partial charge in [-0.15, -0.1) is 0 Å². The number of rotatable bonds is 10. The molecule has 2 aliphatic rings. The van der Waals surface area contributed by atoms with Crippen molar-refractivity contribution < 1.29 is 13.9 Å². The molecule has 2 aliphatic heterocycles. The Morgan fingerprint density at radius 2 is 1.18 bits per heavy atom. The minimum Gasteiger partial charge on any atom is -0.492 e. The van der Waals surface area contributed by atoms with E-state index in [0.29, 0.717) is 13.2 Å². The van der Waals surface area contributed by atoms with E-state index >= 15 is 0 Å². The van der Waals surface area contributed by atoms with Gasteiger partial charge in [0.15, 0.2) is 0 Å². The van der Waals surface area contributed by atoms with Crippen molar-refractivity contribution in [2.45, 2.75) is 25.7 Å². The molecule has 4 aromatic rings. The zero-order valence-corrected chi connectivity index (χ0v) is 22.4. The van der Waals surface area contributed by atoms with E-state index in [1.165, 1.54) is 57.9 Å². The van der Waals surface area contributed by atoms with Crippen molar-refractivity contribution in [1.29, 1.82) is 0 Å². The van der Waals surface area contributed by atoms with E-state index in [4.69, 9.17) is 14.5 Å². The number of benzene rings is 3. The number of nitrogens with zero attached hydrogens (tertiary/aromatic N) is 3. The molecule has 6 rings (SSSR count). The number of halogens is 1. The van der Waals surface area contributed by atoms with Crippen LogP contribution in [0.4, 0.5) is 4.39 Å². The van der Waals surface area contributed by atoms with E-state index in [1.807, 2.05) is 30.3 Å². The predicted octanol–water partition coefficient (Wildman–Crippen LogP) is 6.66. The van der Waals surface area contributed by atoms with Gasteiger partial charge in [0.1, 0.15) is 30.5 Å². The van der Waals surface area contributed by atoms with Gasteiger partial charge in [-0.25, -0.2) is 9.37 Å². The van der Waals surface area contributed by atoms with Gasteiger partial charge in [0.25, 0.3) is 0 Å². The lowest BCUT2D eigenvalue weighted by atomic mass is 9.97. The van der Waals surface area contributed by atoms with Gasteiger partial charge < -0.3 is 9.47 Å². The number of hydrogen-bond acceptors (Lipinski definition) is 5. The number of pyridine rings is 1. The second-order valence-electron chi connectivity index (χ2n) is 10.6. The zero-order valence-electron chi connectivity index (χ0n) is 22.4. The Balaban J connectivity index is 1.21. The number of aromatic nitrogens is 1. The van der Waals surface area contributed by atoms with Crippen LogP contribution in [0.1, 0.15) is 25.7 Å². The highest BCUT2D eigenvalue weighted by molar-refractivity contribution is 5.91. The lowest BCUT2D eigenvalue weighted by Crippen LogP contribution is -2.25. The Morgan fingerprint density at radius 1 is 0.641 bits per heavy atom. The van der Waals surface area contributed by atoms with Crippen molar-refractivity contribution in [3.8, 4) is 33.9 Å². The molecule has 39 heavy (non-hydrogen) atoms. The highest BCUT2D eigenvalue weighted by atomic mass is 19.1. The van der Waals surface area contributed by atoms with Crippen molar-refractivity contribution >= 4 is 10.9 Å². The maximum Gasteiger partial charge on any atom is 0.123 e. The molecule has 0 saturated carbocycles. The molecule has 3 aromatic carbocycles. The van der Waals surface area contributed by atoms with Crippen LogP contribution in [0.5, 0.6) is 11.5 Å². The topological polar surface area (TPSA) is 37.8 Å². The van der Waals surface area contributed by atoms with Crippen LogP contribution in [-0.4, -0.2) is 67.3 Å². The minimum atomic E-state index is -0.264. The van der Waals surface area contributed by atoms with Gasteiger partial charge in [-0.2, -0.15) is 0 Å². The predicted molar refractivity (Wildman–Crippen MR) is 155 cm³/mol.